The molecule has 2 aromatic heterocycles. The number of hydrogen-bond donors (Lipinski definition) is 1. The molecule has 7 nitrogen and oxygen atoms in total. The normalized spacial score (nSPS) is 11.0. The number of fused-ring (bicyclic) bond motifs is 1. The lowest BCUT2D eigenvalue weighted by molar-refractivity contribution is -0.136. The number of aromatic nitrogens is 3. The van der Waals surface area contributed by atoms with Crippen LogP contribution in [0.3, 0.4) is 0 Å². The molecule has 1 N–H and O–H groups in total. The smallest absolute Gasteiger partial charge is 0.307 e. The van der Waals surface area contributed by atoms with E-state index in [4.69, 9.17) is 9.47 Å². The van der Waals surface area contributed by atoms with E-state index >= 15 is 0 Å². The van der Waals surface area contributed by atoms with Crippen LogP contribution in [0.5, 0.6) is 11.6 Å². The van der Waals surface area contributed by atoms with E-state index in [1.54, 1.807) is 6.07 Å². The first kappa shape index (κ1) is 23.3. The van der Waals surface area contributed by atoms with Gasteiger partial charge in [0.15, 0.2) is 0 Å². The van der Waals surface area contributed by atoms with Crippen molar-refractivity contribution in [1.29, 1.82) is 0 Å². The van der Waals surface area contributed by atoms with Crippen LogP contribution in [0.25, 0.3) is 10.9 Å². The monoisotopic (exact) mass is 459 g/mol. The zero-order valence-electron chi connectivity index (χ0n) is 19.5. The molecule has 0 saturated carbocycles. The van der Waals surface area contributed by atoms with Crippen molar-refractivity contribution < 1.29 is 19.4 Å². The van der Waals surface area contributed by atoms with Crippen LogP contribution in [-0.4, -0.2) is 25.8 Å². The Morgan fingerprint density at radius 1 is 0.941 bits per heavy atom. The van der Waals surface area contributed by atoms with Crippen LogP contribution in [0.1, 0.15) is 42.8 Å². The van der Waals surface area contributed by atoms with Gasteiger partial charge in [0.25, 0.3) is 0 Å². The summed E-state index contributed by atoms with van der Waals surface area (Å²) < 4.78 is 14.0. The van der Waals surface area contributed by atoms with Crippen LogP contribution < -0.4 is 9.47 Å². The lowest BCUT2D eigenvalue weighted by Gasteiger charge is -2.13. The van der Waals surface area contributed by atoms with E-state index in [0.29, 0.717) is 23.8 Å². The summed E-state index contributed by atoms with van der Waals surface area (Å²) in [5.74, 6) is 0.397. The third-order valence-electron chi connectivity index (χ3n) is 5.52. The number of ether oxygens (including phenoxy) is 2. The number of aryl methyl sites for hydroxylation is 2. The molecule has 0 aliphatic rings. The summed E-state index contributed by atoms with van der Waals surface area (Å²) in [6, 6.07) is 19.5. The Kier molecular flexibility index (Phi) is 7.42. The van der Waals surface area contributed by atoms with Crippen LogP contribution in [-0.2, 0) is 37.4 Å². The van der Waals surface area contributed by atoms with Crippen LogP contribution in [0.15, 0.2) is 60.7 Å². The molecule has 0 atom stereocenters. The van der Waals surface area contributed by atoms with Gasteiger partial charge >= 0.3 is 5.97 Å². The van der Waals surface area contributed by atoms with Crippen LogP contribution >= 0.6 is 0 Å². The summed E-state index contributed by atoms with van der Waals surface area (Å²) in [6.07, 6.45) is 1.58. The maximum absolute atomic E-state index is 11.3. The predicted octanol–water partition coefficient (Wildman–Crippen LogP) is 5.19. The minimum atomic E-state index is -0.886. The summed E-state index contributed by atoms with van der Waals surface area (Å²) in [5, 5.41) is 15.0. The van der Waals surface area contributed by atoms with E-state index < -0.39 is 5.97 Å². The number of aliphatic carboxylic acids is 1. The Balaban J connectivity index is 1.49. The fourth-order valence-corrected chi connectivity index (χ4v) is 3.90. The molecule has 4 rings (SSSR count). The SMILES string of the molecule is CCCn1nc(COc2c(CC)cccc2CC(=O)O)cc1OCc1ccc2ccccc2n1. The summed E-state index contributed by atoms with van der Waals surface area (Å²) in [6.45, 7) is 5.39. The van der Waals surface area contributed by atoms with Gasteiger partial charge < -0.3 is 14.6 Å². The average Bonchev–Trinajstić information content (AvgIpc) is 3.23. The van der Waals surface area contributed by atoms with E-state index in [9.17, 15) is 9.90 Å². The lowest BCUT2D eigenvalue weighted by Crippen LogP contribution is -2.07. The highest BCUT2D eigenvalue weighted by Crippen LogP contribution is 2.27. The van der Waals surface area contributed by atoms with Gasteiger partial charge in [-0.2, -0.15) is 5.10 Å². The molecule has 176 valence electrons. The number of carboxylic acid groups (broad SMARTS) is 1. The fourth-order valence-electron chi connectivity index (χ4n) is 3.90. The van der Waals surface area contributed by atoms with Gasteiger partial charge in [-0.3, -0.25) is 4.79 Å². The number of rotatable bonds is 11. The molecule has 7 heteroatoms. The van der Waals surface area contributed by atoms with Gasteiger partial charge in [0.2, 0.25) is 5.88 Å². The van der Waals surface area contributed by atoms with Crippen LogP contribution in [0.2, 0.25) is 0 Å². The van der Waals surface area contributed by atoms with Crippen LogP contribution in [0.4, 0.5) is 0 Å². The van der Waals surface area contributed by atoms with E-state index in [0.717, 1.165) is 47.2 Å². The first-order valence-electron chi connectivity index (χ1n) is 11.6. The second-order valence-electron chi connectivity index (χ2n) is 8.10. The van der Waals surface area contributed by atoms with Gasteiger partial charge in [-0.25, -0.2) is 9.67 Å². The van der Waals surface area contributed by atoms with Crippen molar-refractivity contribution in [2.75, 3.05) is 0 Å². The van der Waals surface area contributed by atoms with Gasteiger partial charge in [0.05, 0.1) is 17.6 Å². The summed E-state index contributed by atoms with van der Waals surface area (Å²) in [7, 11) is 0. The molecule has 34 heavy (non-hydrogen) atoms. The van der Waals surface area contributed by atoms with Crippen molar-refractivity contribution in [3.63, 3.8) is 0 Å². The number of pyridine rings is 1. The third-order valence-corrected chi connectivity index (χ3v) is 5.52. The topological polar surface area (TPSA) is 86.5 Å². The third kappa shape index (κ3) is 5.54. The number of carboxylic acids is 1. The summed E-state index contributed by atoms with van der Waals surface area (Å²) >= 11 is 0. The van der Waals surface area contributed by atoms with Crippen molar-refractivity contribution in [3.8, 4) is 11.6 Å². The molecule has 0 aliphatic carbocycles. The van der Waals surface area contributed by atoms with Crippen molar-refractivity contribution in [2.45, 2.75) is 52.9 Å². The second-order valence-corrected chi connectivity index (χ2v) is 8.10. The van der Waals surface area contributed by atoms with Gasteiger partial charge in [-0.05, 0) is 30.5 Å². The maximum Gasteiger partial charge on any atom is 0.307 e. The number of nitrogens with zero attached hydrogens (tertiary/aromatic N) is 3. The first-order valence-corrected chi connectivity index (χ1v) is 11.6. The molecule has 0 unspecified atom stereocenters. The molecule has 2 heterocycles. The molecular formula is C27H29N3O4. The summed E-state index contributed by atoms with van der Waals surface area (Å²) in [5.41, 5.74) is 4.15. The van der Waals surface area contributed by atoms with E-state index in [-0.39, 0.29) is 13.0 Å². The maximum atomic E-state index is 11.3. The quantitative estimate of drug-likeness (QED) is 0.332. The Morgan fingerprint density at radius 3 is 2.53 bits per heavy atom. The molecule has 4 aromatic rings. The Hall–Kier alpha value is -3.87. The molecule has 0 radical (unpaired) electrons. The molecule has 2 aromatic carbocycles. The molecule has 0 saturated heterocycles. The highest BCUT2D eigenvalue weighted by atomic mass is 16.5. The predicted molar refractivity (Wildman–Crippen MR) is 130 cm³/mol. The lowest BCUT2D eigenvalue weighted by atomic mass is 10.0. The highest BCUT2D eigenvalue weighted by Gasteiger charge is 2.15. The second kappa shape index (κ2) is 10.8. The molecule has 0 aliphatic heterocycles. The number of benzene rings is 2. The minimum Gasteiger partial charge on any atom is -0.487 e. The van der Waals surface area contributed by atoms with Crippen molar-refractivity contribution in [3.05, 3.63) is 83.2 Å². The largest absolute Gasteiger partial charge is 0.487 e. The molecule has 0 bridgehead atoms. The zero-order chi connectivity index (χ0) is 23.9. The summed E-state index contributed by atoms with van der Waals surface area (Å²) in [4.78, 5) is 16.0. The Bertz CT molecular complexity index is 1280. The van der Waals surface area contributed by atoms with Gasteiger partial charge in [0.1, 0.15) is 24.7 Å². The Morgan fingerprint density at radius 2 is 1.74 bits per heavy atom. The minimum absolute atomic E-state index is 0.0828. The zero-order valence-corrected chi connectivity index (χ0v) is 19.5. The van der Waals surface area contributed by atoms with Crippen LogP contribution in [0, 0.1) is 0 Å². The number of hydrogen-bond acceptors (Lipinski definition) is 5. The van der Waals surface area contributed by atoms with E-state index in [2.05, 4.69) is 17.0 Å². The fraction of sp³-hybridized carbons (Fsp3) is 0.296. The van der Waals surface area contributed by atoms with Gasteiger partial charge in [-0.1, -0.05) is 56.3 Å². The van der Waals surface area contributed by atoms with Crippen molar-refractivity contribution in [2.24, 2.45) is 0 Å². The van der Waals surface area contributed by atoms with Crippen molar-refractivity contribution in [1.82, 2.24) is 14.8 Å². The van der Waals surface area contributed by atoms with E-state index in [1.807, 2.05) is 66.2 Å². The van der Waals surface area contributed by atoms with Crippen molar-refractivity contribution >= 4 is 16.9 Å². The van der Waals surface area contributed by atoms with E-state index in [1.165, 1.54) is 0 Å². The number of carbonyl (C=O) groups is 1. The van der Waals surface area contributed by atoms with Gasteiger partial charge in [-0.15, -0.1) is 0 Å². The molecule has 0 amide bonds. The highest BCUT2D eigenvalue weighted by molar-refractivity contribution is 5.78. The molecule has 0 fully saturated rings. The average molecular weight is 460 g/mol. The molecular weight excluding hydrogens is 430 g/mol. The van der Waals surface area contributed by atoms with Gasteiger partial charge in [0, 0.05) is 23.6 Å². The first-order chi connectivity index (χ1) is 16.6. The number of para-hydroxylation sites is 2. The Labute approximate surface area is 199 Å². The molecule has 0 spiro atoms. The standard InChI is InChI=1S/C27H29N3O4/c1-3-14-30-25(33-17-22-13-12-20-8-5-6-11-24(20)28-22)16-23(29-30)18-34-27-19(4-2)9-7-10-21(27)15-26(31)32/h5-13,16H,3-4,14-15,17-18H2,1-2H3,(H,31,32).